The predicted octanol–water partition coefficient (Wildman–Crippen LogP) is 4.05. The number of pyridine rings is 1. The molecule has 2 rings (SSSR count). The Morgan fingerprint density at radius 2 is 1.75 bits per heavy atom. The lowest BCUT2D eigenvalue weighted by Gasteiger charge is -2.26. The Hall–Kier alpha value is -1.58. The third kappa shape index (κ3) is 3.11. The van der Waals surface area contributed by atoms with E-state index in [0.717, 1.165) is 5.69 Å². The smallest absolute Gasteiger partial charge is 0.255 e. The van der Waals surface area contributed by atoms with Crippen LogP contribution in [-0.2, 0) is 5.54 Å². The van der Waals surface area contributed by atoms with Crippen molar-refractivity contribution in [2.24, 2.45) is 0 Å². The van der Waals surface area contributed by atoms with Gasteiger partial charge < -0.3 is 5.32 Å². The molecule has 20 heavy (non-hydrogen) atoms. The molecule has 0 bridgehead atoms. The van der Waals surface area contributed by atoms with Gasteiger partial charge >= 0.3 is 0 Å². The molecule has 0 aliphatic heterocycles. The van der Waals surface area contributed by atoms with Gasteiger partial charge in [-0.3, -0.25) is 9.78 Å². The Morgan fingerprint density at radius 1 is 1.10 bits per heavy atom. The fraction of sp³-hybridized carbons (Fsp3) is 0.200. The van der Waals surface area contributed by atoms with E-state index in [1.165, 1.54) is 0 Å². The maximum atomic E-state index is 12.4. The molecule has 0 aliphatic carbocycles. The van der Waals surface area contributed by atoms with Gasteiger partial charge in [0, 0.05) is 6.20 Å². The number of nitrogens with one attached hydrogen (secondary N) is 1. The average Bonchev–Trinajstić information content (AvgIpc) is 2.39. The first-order valence-electron chi connectivity index (χ1n) is 6.10. The van der Waals surface area contributed by atoms with Gasteiger partial charge in [-0.15, -0.1) is 0 Å². The van der Waals surface area contributed by atoms with Crippen LogP contribution in [0.3, 0.4) is 0 Å². The van der Waals surface area contributed by atoms with Crippen LogP contribution in [0.2, 0.25) is 10.0 Å². The highest BCUT2D eigenvalue weighted by molar-refractivity contribution is 6.39. The van der Waals surface area contributed by atoms with E-state index in [4.69, 9.17) is 23.2 Å². The molecule has 0 radical (unpaired) electrons. The van der Waals surface area contributed by atoms with E-state index >= 15 is 0 Å². The molecule has 1 aromatic carbocycles. The minimum absolute atomic E-state index is 0.278. The SMILES string of the molecule is CC(C)(NC(=O)c1c(Cl)cccc1Cl)c1ccccn1. The average molecular weight is 309 g/mol. The molecule has 104 valence electrons. The summed E-state index contributed by atoms with van der Waals surface area (Å²) >= 11 is 12.1. The summed E-state index contributed by atoms with van der Waals surface area (Å²) in [6, 6.07) is 10.5. The van der Waals surface area contributed by atoms with Gasteiger partial charge in [0.15, 0.2) is 0 Å². The standard InChI is InChI=1S/C15H14Cl2N2O/c1-15(2,12-8-3-4-9-18-12)19-14(20)13-10(16)6-5-7-11(13)17/h3-9H,1-2H3,(H,19,20). The van der Waals surface area contributed by atoms with Crippen molar-refractivity contribution in [3.63, 3.8) is 0 Å². The molecule has 0 unspecified atom stereocenters. The molecule has 0 atom stereocenters. The lowest BCUT2D eigenvalue weighted by atomic mass is 9.99. The molecule has 5 heteroatoms. The number of nitrogens with zero attached hydrogens (tertiary/aromatic N) is 1. The number of aromatic nitrogens is 1. The number of carbonyl (C=O) groups excluding carboxylic acids is 1. The van der Waals surface area contributed by atoms with Crippen LogP contribution >= 0.6 is 23.2 Å². The maximum Gasteiger partial charge on any atom is 0.255 e. The lowest BCUT2D eigenvalue weighted by Crippen LogP contribution is -2.41. The highest BCUT2D eigenvalue weighted by Gasteiger charge is 2.26. The van der Waals surface area contributed by atoms with Gasteiger partial charge in [0.05, 0.1) is 26.8 Å². The molecule has 0 saturated heterocycles. The van der Waals surface area contributed by atoms with Crippen molar-refractivity contribution in [1.29, 1.82) is 0 Å². The summed E-state index contributed by atoms with van der Waals surface area (Å²) in [6.45, 7) is 3.75. The fourth-order valence-electron chi connectivity index (χ4n) is 1.86. The second kappa shape index (κ2) is 5.81. The first-order chi connectivity index (χ1) is 9.42. The lowest BCUT2D eigenvalue weighted by molar-refractivity contribution is 0.0910. The van der Waals surface area contributed by atoms with Gasteiger partial charge in [-0.1, -0.05) is 35.3 Å². The number of carbonyl (C=O) groups is 1. The van der Waals surface area contributed by atoms with Gasteiger partial charge in [0.2, 0.25) is 0 Å². The van der Waals surface area contributed by atoms with Crippen molar-refractivity contribution < 1.29 is 4.79 Å². The highest BCUT2D eigenvalue weighted by atomic mass is 35.5. The van der Waals surface area contributed by atoms with E-state index in [1.807, 2.05) is 32.0 Å². The summed E-state index contributed by atoms with van der Waals surface area (Å²) in [5.41, 5.74) is 0.414. The van der Waals surface area contributed by atoms with Crippen molar-refractivity contribution in [2.75, 3.05) is 0 Å². The summed E-state index contributed by atoms with van der Waals surface area (Å²) in [6.07, 6.45) is 1.69. The first-order valence-corrected chi connectivity index (χ1v) is 6.85. The van der Waals surface area contributed by atoms with E-state index < -0.39 is 5.54 Å². The zero-order valence-electron chi connectivity index (χ0n) is 11.2. The van der Waals surface area contributed by atoms with Crippen LogP contribution in [0.15, 0.2) is 42.6 Å². The van der Waals surface area contributed by atoms with Crippen LogP contribution < -0.4 is 5.32 Å². The van der Waals surface area contributed by atoms with Gasteiger partial charge in [-0.25, -0.2) is 0 Å². The molecule has 2 aromatic rings. The monoisotopic (exact) mass is 308 g/mol. The molecule has 0 fully saturated rings. The van der Waals surface area contributed by atoms with Crippen LogP contribution in [0.1, 0.15) is 29.9 Å². The molecule has 1 aromatic heterocycles. The molecular weight excluding hydrogens is 295 g/mol. The summed E-state index contributed by atoms with van der Waals surface area (Å²) in [7, 11) is 0. The summed E-state index contributed by atoms with van der Waals surface area (Å²) in [5.74, 6) is -0.323. The Morgan fingerprint density at radius 3 is 2.30 bits per heavy atom. The van der Waals surface area contributed by atoms with Crippen LogP contribution in [0, 0.1) is 0 Å². The van der Waals surface area contributed by atoms with Crippen LogP contribution in [0.4, 0.5) is 0 Å². The molecule has 3 nitrogen and oxygen atoms in total. The number of hydrogen-bond donors (Lipinski definition) is 1. The van der Waals surface area contributed by atoms with Gasteiger partial charge in [-0.05, 0) is 38.1 Å². The first kappa shape index (κ1) is 14.8. The van der Waals surface area contributed by atoms with E-state index in [2.05, 4.69) is 10.3 Å². The Labute approximate surface area is 127 Å². The van der Waals surface area contributed by atoms with E-state index in [9.17, 15) is 4.79 Å². The maximum absolute atomic E-state index is 12.4. The van der Waals surface area contributed by atoms with Crippen molar-refractivity contribution in [3.8, 4) is 0 Å². The van der Waals surface area contributed by atoms with Crippen LogP contribution in [0.5, 0.6) is 0 Å². The predicted molar refractivity (Wildman–Crippen MR) is 81.2 cm³/mol. The van der Waals surface area contributed by atoms with Crippen molar-refractivity contribution in [3.05, 3.63) is 63.9 Å². The summed E-state index contributed by atoms with van der Waals surface area (Å²) in [5, 5.41) is 3.55. The Balaban J connectivity index is 2.28. The molecule has 1 N–H and O–H groups in total. The number of amides is 1. The van der Waals surface area contributed by atoms with Crippen molar-refractivity contribution in [2.45, 2.75) is 19.4 Å². The summed E-state index contributed by atoms with van der Waals surface area (Å²) < 4.78 is 0. The zero-order valence-corrected chi connectivity index (χ0v) is 12.7. The second-order valence-electron chi connectivity index (χ2n) is 4.89. The minimum Gasteiger partial charge on any atom is -0.341 e. The summed E-state index contributed by atoms with van der Waals surface area (Å²) in [4.78, 5) is 16.6. The quantitative estimate of drug-likeness (QED) is 0.929. The highest BCUT2D eigenvalue weighted by Crippen LogP contribution is 2.26. The molecule has 0 spiro atoms. The number of hydrogen-bond acceptors (Lipinski definition) is 2. The minimum atomic E-state index is -0.624. The van der Waals surface area contributed by atoms with Gasteiger partial charge in [-0.2, -0.15) is 0 Å². The van der Waals surface area contributed by atoms with Crippen LogP contribution in [0.25, 0.3) is 0 Å². The number of halogens is 2. The zero-order chi connectivity index (χ0) is 14.8. The van der Waals surface area contributed by atoms with Gasteiger partial charge in [0.25, 0.3) is 5.91 Å². The Kier molecular flexibility index (Phi) is 4.31. The Bertz CT molecular complexity index is 607. The van der Waals surface area contributed by atoms with Gasteiger partial charge in [0.1, 0.15) is 0 Å². The van der Waals surface area contributed by atoms with Crippen molar-refractivity contribution in [1.82, 2.24) is 10.3 Å². The molecule has 0 saturated carbocycles. The second-order valence-corrected chi connectivity index (χ2v) is 5.71. The third-order valence-corrected chi connectivity index (χ3v) is 3.55. The topological polar surface area (TPSA) is 42.0 Å². The van der Waals surface area contributed by atoms with E-state index in [-0.39, 0.29) is 11.5 Å². The van der Waals surface area contributed by atoms with Crippen LogP contribution in [-0.4, -0.2) is 10.9 Å². The molecule has 1 amide bonds. The molecular formula is C15H14Cl2N2O. The fourth-order valence-corrected chi connectivity index (χ4v) is 2.43. The number of benzene rings is 1. The third-order valence-electron chi connectivity index (χ3n) is 2.92. The molecule has 1 heterocycles. The largest absolute Gasteiger partial charge is 0.341 e. The number of rotatable bonds is 3. The molecule has 0 aliphatic rings. The van der Waals surface area contributed by atoms with E-state index in [0.29, 0.717) is 10.0 Å². The van der Waals surface area contributed by atoms with Crippen molar-refractivity contribution >= 4 is 29.1 Å². The normalized spacial score (nSPS) is 11.2. The van der Waals surface area contributed by atoms with E-state index in [1.54, 1.807) is 24.4 Å².